The summed E-state index contributed by atoms with van der Waals surface area (Å²) in [6.45, 7) is 3.69. The van der Waals surface area contributed by atoms with Gasteiger partial charge in [0.25, 0.3) is 5.78 Å². The summed E-state index contributed by atoms with van der Waals surface area (Å²) in [5, 5.41) is 15.5. The maximum absolute atomic E-state index is 11.9. The number of carboxylic acid groups (broad SMARTS) is 1. The van der Waals surface area contributed by atoms with Crippen molar-refractivity contribution >= 4 is 17.7 Å². The zero-order chi connectivity index (χ0) is 17.0. The third-order valence-electron chi connectivity index (χ3n) is 3.64. The zero-order valence-electron chi connectivity index (χ0n) is 13.2. The molecule has 2 aromatic rings. The van der Waals surface area contributed by atoms with Gasteiger partial charge in [0.15, 0.2) is 6.10 Å². The number of fused-ring (bicyclic) bond motifs is 1. The maximum Gasteiger partial charge on any atom is 0.334 e. The molecule has 1 atom stereocenters. The van der Waals surface area contributed by atoms with Gasteiger partial charge in [-0.3, -0.25) is 4.79 Å². The van der Waals surface area contributed by atoms with Crippen LogP contribution in [0.15, 0.2) is 6.33 Å². The zero-order valence-corrected chi connectivity index (χ0v) is 13.2. The summed E-state index contributed by atoms with van der Waals surface area (Å²) >= 11 is 0. The van der Waals surface area contributed by atoms with Crippen molar-refractivity contribution in [2.45, 2.75) is 32.8 Å². The number of aliphatic carboxylic acids is 1. The number of hydrogen-bond donors (Lipinski definition) is 2. The predicted octanol–water partition coefficient (Wildman–Crippen LogP) is -0.110. The number of hydrogen-bond acceptors (Lipinski definition) is 6. The monoisotopic (exact) mass is 321 g/mol. The lowest BCUT2D eigenvalue weighted by Crippen LogP contribution is -2.37. The number of ether oxygens (including phenoxy) is 1. The van der Waals surface area contributed by atoms with Gasteiger partial charge in [0, 0.05) is 24.9 Å². The molecule has 0 aliphatic heterocycles. The molecule has 0 fully saturated rings. The van der Waals surface area contributed by atoms with Crippen LogP contribution in [0, 0.1) is 13.8 Å². The summed E-state index contributed by atoms with van der Waals surface area (Å²) < 4.78 is 6.39. The first-order valence-corrected chi connectivity index (χ1v) is 7.12. The van der Waals surface area contributed by atoms with Gasteiger partial charge in [-0.25, -0.2) is 14.3 Å². The van der Waals surface area contributed by atoms with Crippen LogP contribution in [0.1, 0.15) is 23.4 Å². The molecule has 0 aliphatic carbocycles. The average Bonchev–Trinajstić information content (AvgIpc) is 2.95. The fourth-order valence-electron chi connectivity index (χ4n) is 2.32. The van der Waals surface area contributed by atoms with Crippen molar-refractivity contribution in [3.63, 3.8) is 0 Å². The third-order valence-corrected chi connectivity index (χ3v) is 3.64. The molecule has 0 bridgehead atoms. The molecule has 2 aromatic heterocycles. The molecule has 0 aromatic carbocycles. The second kappa shape index (κ2) is 7.14. The number of aromatic nitrogens is 4. The quantitative estimate of drug-likeness (QED) is 0.730. The molecular weight excluding hydrogens is 302 g/mol. The van der Waals surface area contributed by atoms with Crippen LogP contribution in [0.4, 0.5) is 0 Å². The van der Waals surface area contributed by atoms with Crippen molar-refractivity contribution in [2.24, 2.45) is 0 Å². The Morgan fingerprint density at radius 2 is 2.17 bits per heavy atom. The summed E-state index contributed by atoms with van der Waals surface area (Å²) in [6.07, 6.45) is 1.09. The molecule has 9 heteroatoms. The van der Waals surface area contributed by atoms with E-state index in [0.717, 1.165) is 17.0 Å². The van der Waals surface area contributed by atoms with Crippen LogP contribution in [-0.4, -0.2) is 56.3 Å². The van der Waals surface area contributed by atoms with E-state index < -0.39 is 12.1 Å². The number of carboxylic acids is 1. The Labute approximate surface area is 132 Å². The Morgan fingerprint density at radius 1 is 1.43 bits per heavy atom. The molecule has 0 spiro atoms. The normalized spacial score (nSPS) is 12.3. The second-order valence-electron chi connectivity index (χ2n) is 5.10. The summed E-state index contributed by atoms with van der Waals surface area (Å²) in [4.78, 5) is 31.1. The Balaban J connectivity index is 1.98. The van der Waals surface area contributed by atoms with Gasteiger partial charge in [-0.1, -0.05) is 0 Å². The highest BCUT2D eigenvalue weighted by Gasteiger charge is 2.17. The van der Waals surface area contributed by atoms with Gasteiger partial charge in [-0.05, 0) is 25.8 Å². The van der Waals surface area contributed by atoms with Crippen LogP contribution >= 0.6 is 0 Å². The van der Waals surface area contributed by atoms with Crippen LogP contribution in [0.25, 0.3) is 5.78 Å². The van der Waals surface area contributed by atoms with Gasteiger partial charge in [0.1, 0.15) is 6.33 Å². The molecule has 2 heterocycles. The van der Waals surface area contributed by atoms with Crippen molar-refractivity contribution in [3.05, 3.63) is 23.3 Å². The number of rotatable bonds is 7. The number of amides is 1. The largest absolute Gasteiger partial charge is 0.479 e. The Hall–Kier alpha value is -2.55. The number of carbonyl (C=O) groups excluding carboxylic acids is 1. The molecule has 1 amide bonds. The molecule has 2 rings (SSSR count). The minimum atomic E-state index is -1.11. The van der Waals surface area contributed by atoms with E-state index in [0.29, 0.717) is 12.2 Å². The van der Waals surface area contributed by atoms with E-state index in [4.69, 9.17) is 9.84 Å². The van der Waals surface area contributed by atoms with Crippen molar-refractivity contribution < 1.29 is 19.4 Å². The highest BCUT2D eigenvalue weighted by atomic mass is 16.5. The topological polar surface area (TPSA) is 119 Å². The number of nitrogens with one attached hydrogen (secondary N) is 1. The van der Waals surface area contributed by atoms with E-state index in [1.807, 2.05) is 13.8 Å². The smallest absolute Gasteiger partial charge is 0.334 e. The lowest BCUT2D eigenvalue weighted by Gasteiger charge is -2.13. The molecular formula is C14H19N5O4. The molecule has 124 valence electrons. The summed E-state index contributed by atoms with van der Waals surface area (Å²) in [5.74, 6) is -0.830. The summed E-state index contributed by atoms with van der Waals surface area (Å²) in [6, 6.07) is 0. The van der Waals surface area contributed by atoms with Crippen molar-refractivity contribution in [3.8, 4) is 0 Å². The lowest BCUT2D eigenvalue weighted by atomic mass is 10.1. The number of aryl methyl sites for hydroxylation is 2. The van der Waals surface area contributed by atoms with Crippen LogP contribution in [-0.2, 0) is 20.7 Å². The fraction of sp³-hybridized carbons (Fsp3) is 0.500. The van der Waals surface area contributed by atoms with Crippen molar-refractivity contribution in [1.29, 1.82) is 0 Å². The first kappa shape index (κ1) is 16.8. The van der Waals surface area contributed by atoms with E-state index in [1.54, 1.807) is 4.52 Å². The van der Waals surface area contributed by atoms with Crippen LogP contribution in [0.2, 0.25) is 0 Å². The van der Waals surface area contributed by atoms with Crippen LogP contribution < -0.4 is 5.32 Å². The van der Waals surface area contributed by atoms with E-state index in [2.05, 4.69) is 20.4 Å². The molecule has 0 aliphatic rings. The number of carbonyl (C=O) groups is 2. The minimum absolute atomic E-state index is 0.0665. The third kappa shape index (κ3) is 3.81. The molecule has 0 radical (unpaired) electrons. The molecule has 9 nitrogen and oxygen atoms in total. The minimum Gasteiger partial charge on any atom is -0.479 e. The summed E-state index contributed by atoms with van der Waals surface area (Å²) in [5.41, 5.74) is 2.62. The summed E-state index contributed by atoms with van der Waals surface area (Å²) in [7, 11) is 1.29. The van der Waals surface area contributed by atoms with E-state index in [-0.39, 0.29) is 18.9 Å². The first-order chi connectivity index (χ1) is 10.9. The highest BCUT2D eigenvalue weighted by Crippen LogP contribution is 2.14. The first-order valence-electron chi connectivity index (χ1n) is 7.12. The molecule has 1 unspecified atom stereocenters. The Bertz CT molecular complexity index is 727. The van der Waals surface area contributed by atoms with E-state index in [1.165, 1.54) is 13.4 Å². The fourth-order valence-corrected chi connectivity index (χ4v) is 2.32. The molecule has 2 N–H and O–H groups in total. The Kier molecular flexibility index (Phi) is 5.22. The predicted molar refractivity (Wildman–Crippen MR) is 80.0 cm³/mol. The van der Waals surface area contributed by atoms with Crippen molar-refractivity contribution in [2.75, 3.05) is 13.7 Å². The number of nitrogens with zero attached hydrogens (tertiary/aromatic N) is 4. The van der Waals surface area contributed by atoms with Crippen molar-refractivity contribution in [1.82, 2.24) is 24.9 Å². The van der Waals surface area contributed by atoms with E-state index >= 15 is 0 Å². The standard InChI is InChI=1S/C14H19N5O4/c1-8-10(9(2)19-14(18-8)16-7-17-19)4-5-12(20)15-6-11(23-3)13(21)22/h7,11H,4-6H2,1-3H3,(H,15,20)(H,21,22). The second-order valence-corrected chi connectivity index (χ2v) is 5.10. The molecule has 23 heavy (non-hydrogen) atoms. The van der Waals surface area contributed by atoms with Gasteiger partial charge < -0.3 is 15.2 Å². The van der Waals surface area contributed by atoms with Crippen LogP contribution in [0.5, 0.6) is 0 Å². The lowest BCUT2D eigenvalue weighted by molar-refractivity contribution is -0.148. The van der Waals surface area contributed by atoms with Gasteiger partial charge in [-0.2, -0.15) is 10.1 Å². The van der Waals surface area contributed by atoms with Gasteiger partial charge in [0.2, 0.25) is 5.91 Å². The molecule has 0 saturated heterocycles. The van der Waals surface area contributed by atoms with Gasteiger partial charge in [0.05, 0.1) is 6.54 Å². The van der Waals surface area contributed by atoms with E-state index in [9.17, 15) is 9.59 Å². The average molecular weight is 321 g/mol. The highest BCUT2D eigenvalue weighted by molar-refractivity contribution is 5.78. The van der Waals surface area contributed by atoms with Crippen LogP contribution in [0.3, 0.4) is 0 Å². The Morgan fingerprint density at radius 3 is 2.83 bits per heavy atom. The molecule has 0 saturated carbocycles. The van der Waals surface area contributed by atoms with Gasteiger partial charge >= 0.3 is 5.97 Å². The maximum atomic E-state index is 11.9. The SMILES string of the molecule is COC(CNC(=O)CCc1c(C)nc2ncnn2c1C)C(=O)O. The van der Waals surface area contributed by atoms with Gasteiger partial charge in [-0.15, -0.1) is 0 Å². The number of methoxy groups -OCH3 is 1.